The van der Waals surface area contributed by atoms with E-state index in [-0.39, 0.29) is 12.0 Å². The Morgan fingerprint density at radius 1 is 1.23 bits per heavy atom. The number of esters is 1. The summed E-state index contributed by atoms with van der Waals surface area (Å²) < 4.78 is 5.68. The third kappa shape index (κ3) is 4.32. The van der Waals surface area contributed by atoms with E-state index in [0.717, 1.165) is 51.6 Å². The quantitative estimate of drug-likeness (QED) is 0.627. The minimum Gasteiger partial charge on any atom is -0.460 e. The molecular formula is C18H31NO3. The monoisotopic (exact) mass is 309 g/mol. The summed E-state index contributed by atoms with van der Waals surface area (Å²) in [6, 6.07) is 0. The summed E-state index contributed by atoms with van der Waals surface area (Å²) in [7, 11) is 2.08. The molecule has 2 rings (SSSR count). The largest absolute Gasteiger partial charge is 0.460 e. The number of aliphatic hydroxyl groups is 1. The number of hydrogen-bond donors (Lipinski definition) is 1. The second-order valence-corrected chi connectivity index (χ2v) is 7.32. The van der Waals surface area contributed by atoms with Gasteiger partial charge in [-0.15, -0.1) is 0 Å². The standard InChI is InChI=1S/C18H31NO3/c1-14(2)8-11-18(21,15-6-4-5-7-15)17(20)22-16-9-12-19(3)13-10-16/h8,11,14-16,21H,4-7,9-10,12-13H2,1-3H3/b11-8-. The number of carbonyl (C=O) groups excluding carboxylic acids is 1. The van der Waals surface area contributed by atoms with Crippen molar-refractivity contribution in [1.29, 1.82) is 0 Å². The summed E-state index contributed by atoms with van der Waals surface area (Å²) >= 11 is 0. The van der Waals surface area contributed by atoms with Crippen molar-refractivity contribution in [2.45, 2.75) is 64.1 Å². The molecule has 0 bridgehead atoms. The van der Waals surface area contributed by atoms with Crippen molar-refractivity contribution in [1.82, 2.24) is 4.90 Å². The highest BCUT2D eigenvalue weighted by Gasteiger charge is 2.45. The maximum absolute atomic E-state index is 12.7. The van der Waals surface area contributed by atoms with Crippen molar-refractivity contribution in [3.05, 3.63) is 12.2 Å². The summed E-state index contributed by atoms with van der Waals surface area (Å²) in [6.07, 6.45) is 9.27. The number of hydrogen-bond acceptors (Lipinski definition) is 4. The maximum atomic E-state index is 12.7. The van der Waals surface area contributed by atoms with Crippen LogP contribution in [0.3, 0.4) is 0 Å². The van der Waals surface area contributed by atoms with Gasteiger partial charge in [-0.3, -0.25) is 0 Å². The normalized spacial score (nSPS) is 25.0. The van der Waals surface area contributed by atoms with Gasteiger partial charge in [0.2, 0.25) is 0 Å². The number of ether oxygens (including phenoxy) is 1. The predicted molar refractivity (Wildman–Crippen MR) is 87.5 cm³/mol. The Balaban J connectivity index is 2.05. The highest BCUT2D eigenvalue weighted by molar-refractivity contribution is 5.82. The van der Waals surface area contributed by atoms with Gasteiger partial charge in [0.25, 0.3) is 0 Å². The van der Waals surface area contributed by atoms with Gasteiger partial charge < -0.3 is 14.7 Å². The van der Waals surface area contributed by atoms with Gasteiger partial charge in [-0.05, 0) is 44.7 Å². The molecule has 4 nitrogen and oxygen atoms in total. The summed E-state index contributed by atoms with van der Waals surface area (Å²) in [5, 5.41) is 11.0. The van der Waals surface area contributed by atoms with E-state index in [1.807, 2.05) is 19.9 Å². The van der Waals surface area contributed by atoms with Gasteiger partial charge in [0, 0.05) is 19.0 Å². The molecule has 1 N–H and O–H groups in total. The molecular weight excluding hydrogens is 278 g/mol. The van der Waals surface area contributed by atoms with Gasteiger partial charge in [0.15, 0.2) is 5.60 Å². The second kappa shape index (κ2) is 7.60. The fraction of sp³-hybridized carbons (Fsp3) is 0.833. The van der Waals surface area contributed by atoms with Gasteiger partial charge in [-0.1, -0.05) is 32.8 Å². The van der Waals surface area contributed by atoms with Crippen LogP contribution in [0.1, 0.15) is 52.4 Å². The number of carbonyl (C=O) groups is 1. The molecule has 1 atom stereocenters. The predicted octanol–water partition coefficient (Wildman–Crippen LogP) is 2.76. The number of rotatable bonds is 5. The van der Waals surface area contributed by atoms with Crippen LogP contribution in [0, 0.1) is 11.8 Å². The Hall–Kier alpha value is -0.870. The van der Waals surface area contributed by atoms with Crippen molar-refractivity contribution in [2.75, 3.05) is 20.1 Å². The Bertz CT molecular complexity index is 393. The molecule has 1 saturated carbocycles. The first-order chi connectivity index (χ1) is 10.4. The van der Waals surface area contributed by atoms with Crippen LogP contribution >= 0.6 is 0 Å². The zero-order valence-electron chi connectivity index (χ0n) is 14.3. The number of piperidine rings is 1. The van der Waals surface area contributed by atoms with Gasteiger partial charge >= 0.3 is 5.97 Å². The van der Waals surface area contributed by atoms with Gasteiger partial charge in [0.05, 0.1) is 0 Å². The zero-order chi connectivity index (χ0) is 16.2. The third-order valence-electron chi connectivity index (χ3n) is 4.98. The fourth-order valence-corrected chi connectivity index (χ4v) is 3.42. The van der Waals surface area contributed by atoms with E-state index in [9.17, 15) is 9.90 Å². The Kier molecular flexibility index (Phi) is 6.04. The van der Waals surface area contributed by atoms with Crippen LogP contribution in [0.2, 0.25) is 0 Å². The highest BCUT2D eigenvalue weighted by atomic mass is 16.6. The van der Waals surface area contributed by atoms with Gasteiger partial charge in [-0.2, -0.15) is 0 Å². The fourth-order valence-electron chi connectivity index (χ4n) is 3.42. The van der Waals surface area contributed by atoms with E-state index in [2.05, 4.69) is 11.9 Å². The molecule has 0 radical (unpaired) electrons. The molecule has 126 valence electrons. The summed E-state index contributed by atoms with van der Waals surface area (Å²) in [5.74, 6) is -0.129. The van der Waals surface area contributed by atoms with Crippen molar-refractivity contribution in [3.8, 4) is 0 Å². The maximum Gasteiger partial charge on any atom is 0.342 e. The SMILES string of the molecule is CC(C)/C=C\C(O)(C(=O)OC1CCN(C)CC1)C1CCCC1. The van der Waals surface area contributed by atoms with Crippen molar-refractivity contribution < 1.29 is 14.6 Å². The molecule has 1 aliphatic carbocycles. The first-order valence-corrected chi connectivity index (χ1v) is 8.73. The lowest BCUT2D eigenvalue weighted by Gasteiger charge is -2.34. The number of nitrogens with zero attached hydrogens (tertiary/aromatic N) is 1. The first kappa shape index (κ1) is 17.5. The van der Waals surface area contributed by atoms with Crippen LogP contribution in [-0.4, -0.2) is 47.8 Å². The van der Waals surface area contributed by atoms with Crippen LogP contribution < -0.4 is 0 Å². The summed E-state index contributed by atoms with van der Waals surface area (Å²) in [6.45, 7) is 5.99. The minimum atomic E-state index is -1.44. The van der Waals surface area contributed by atoms with Crippen molar-refractivity contribution in [3.63, 3.8) is 0 Å². The lowest BCUT2D eigenvalue weighted by atomic mass is 9.84. The molecule has 0 aromatic rings. The van der Waals surface area contributed by atoms with Crippen LogP contribution in [0.4, 0.5) is 0 Å². The molecule has 1 unspecified atom stereocenters. The molecule has 0 amide bonds. The molecule has 22 heavy (non-hydrogen) atoms. The van der Waals surface area contributed by atoms with E-state index in [1.165, 1.54) is 0 Å². The Labute approximate surface area is 134 Å². The summed E-state index contributed by atoms with van der Waals surface area (Å²) in [4.78, 5) is 14.9. The molecule has 0 spiro atoms. The van der Waals surface area contributed by atoms with E-state index >= 15 is 0 Å². The van der Waals surface area contributed by atoms with Crippen LogP contribution in [-0.2, 0) is 9.53 Å². The lowest BCUT2D eigenvalue weighted by Crippen LogP contribution is -2.47. The summed E-state index contributed by atoms with van der Waals surface area (Å²) in [5.41, 5.74) is -1.44. The van der Waals surface area contributed by atoms with Gasteiger partial charge in [0.1, 0.15) is 6.10 Å². The molecule has 4 heteroatoms. The zero-order valence-corrected chi connectivity index (χ0v) is 14.3. The number of allylic oxidation sites excluding steroid dienone is 1. The smallest absolute Gasteiger partial charge is 0.342 e. The Morgan fingerprint density at radius 3 is 2.36 bits per heavy atom. The van der Waals surface area contributed by atoms with Crippen LogP contribution in [0.25, 0.3) is 0 Å². The Morgan fingerprint density at radius 2 is 1.82 bits per heavy atom. The topological polar surface area (TPSA) is 49.8 Å². The van der Waals surface area contributed by atoms with E-state index in [0.29, 0.717) is 5.92 Å². The van der Waals surface area contributed by atoms with Crippen molar-refractivity contribution >= 4 is 5.97 Å². The molecule has 0 aromatic carbocycles. The molecule has 1 aliphatic heterocycles. The first-order valence-electron chi connectivity index (χ1n) is 8.73. The lowest BCUT2D eigenvalue weighted by molar-refractivity contribution is -0.173. The molecule has 2 fully saturated rings. The molecule has 2 aliphatic rings. The van der Waals surface area contributed by atoms with Crippen LogP contribution in [0.15, 0.2) is 12.2 Å². The molecule has 1 heterocycles. The third-order valence-corrected chi connectivity index (χ3v) is 4.98. The average Bonchev–Trinajstić information content (AvgIpc) is 3.02. The number of likely N-dealkylation sites (tertiary alicyclic amines) is 1. The van der Waals surface area contributed by atoms with Crippen LogP contribution in [0.5, 0.6) is 0 Å². The average molecular weight is 309 g/mol. The second-order valence-electron chi connectivity index (χ2n) is 7.32. The molecule has 0 aromatic heterocycles. The minimum absolute atomic E-state index is 0.00117. The van der Waals surface area contributed by atoms with E-state index in [1.54, 1.807) is 6.08 Å². The van der Waals surface area contributed by atoms with E-state index in [4.69, 9.17) is 4.74 Å². The van der Waals surface area contributed by atoms with Crippen molar-refractivity contribution in [2.24, 2.45) is 11.8 Å². The molecule has 1 saturated heterocycles. The van der Waals surface area contributed by atoms with E-state index < -0.39 is 11.6 Å². The highest BCUT2D eigenvalue weighted by Crippen LogP contribution is 2.36. The van der Waals surface area contributed by atoms with Gasteiger partial charge in [-0.25, -0.2) is 4.79 Å².